The van der Waals surface area contributed by atoms with Crippen LogP contribution in [0.5, 0.6) is 0 Å². The Morgan fingerprint density at radius 2 is 1.92 bits per heavy atom. The first-order valence-corrected chi connectivity index (χ1v) is 8.01. The van der Waals surface area contributed by atoms with Gasteiger partial charge in [0.15, 0.2) is 0 Å². The van der Waals surface area contributed by atoms with Gasteiger partial charge in [-0.15, -0.1) is 0 Å². The normalized spacial score (nSPS) is 37.1. The Balaban J connectivity index is 1.79. The van der Waals surface area contributed by atoms with Gasteiger partial charge in [-0.3, -0.25) is 9.59 Å². The van der Waals surface area contributed by atoms with Crippen molar-refractivity contribution in [1.82, 2.24) is 0 Å². The van der Waals surface area contributed by atoms with Gasteiger partial charge in [0.2, 0.25) is 0 Å². The van der Waals surface area contributed by atoms with E-state index >= 15 is 0 Å². The zero-order valence-corrected chi connectivity index (χ0v) is 13.9. The number of halogens is 2. The molecule has 2 aliphatic carbocycles. The van der Waals surface area contributed by atoms with Crippen molar-refractivity contribution >= 4 is 35.1 Å². The van der Waals surface area contributed by atoms with E-state index in [1.54, 1.807) is 18.2 Å². The first-order valence-electron chi connectivity index (χ1n) is 7.25. The molecule has 24 heavy (non-hydrogen) atoms. The highest BCUT2D eigenvalue weighted by atomic mass is 35.5. The van der Waals surface area contributed by atoms with Crippen molar-refractivity contribution in [2.75, 3.05) is 0 Å². The molecule has 0 saturated heterocycles. The summed E-state index contributed by atoms with van der Waals surface area (Å²) in [4.78, 5) is 22.9. The average Bonchev–Trinajstić information content (AvgIpc) is 3.21. The van der Waals surface area contributed by atoms with Gasteiger partial charge in [-0.25, -0.2) is 0 Å². The Bertz CT molecular complexity index is 715. The number of nitrogens with two attached hydrogens (primary N) is 2. The molecule has 6 N–H and O–H groups in total. The van der Waals surface area contributed by atoms with Crippen LogP contribution < -0.4 is 11.5 Å². The highest BCUT2D eigenvalue weighted by molar-refractivity contribution is 6.42. The van der Waals surface area contributed by atoms with Gasteiger partial charge in [-0.2, -0.15) is 0 Å². The molecular weight excluding hydrogens is 359 g/mol. The molecule has 0 spiro atoms. The summed E-state index contributed by atoms with van der Waals surface area (Å²) in [5, 5.41) is 19.5. The van der Waals surface area contributed by atoms with Gasteiger partial charge in [0, 0.05) is 12.0 Å². The summed E-state index contributed by atoms with van der Waals surface area (Å²) in [6.07, 6.45) is -0.991. The molecular formula is C15H16Cl2N2O5. The standard InChI is InChI=1S/C15H16Cl2N2O5/c16-6-2-1-5(3-7(6)17)4-24-12-11(18)8-9(13(20)21)10(8)15(12,19)14(22)23/h1-3,8-12H,4,18-19H2,(H,20,21)(H,22,23)/t8-,9-,10-,11-,12+,15+/m0/s1. The summed E-state index contributed by atoms with van der Waals surface area (Å²) >= 11 is 11.8. The topological polar surface area (TPSA) is 136 Å². The number of carbonyl (C=O) groups is 2. The molecule has 2 fully saturated rings. The maximum atomic E-state index is 11.7. The molecule has 0 heterocycles. The summed E-state index contributed by atoms with van der Waals surface area (Å²) < 4.78 is 5.68. The van der Waals surface area contributed by atoms with Gasteiger partial charge in [0.05, 0.1) is 22.6 Å². The Morgan fingerprint density at radius 3 is 2.46 bits per heavy atom. The monoisotopic (exact) mass is 374 g/mol. The van der Waals surface area contributed by atoms with Gasteiger partial charge in [0.1, 0.15) is 11.6 Å². The van der Waals surface area contributed by atoms with Crippen molar-refractivity contribution in [3.8, 4) is 0 Å². The van der Waals surface area contributed by atoms with Gasteiger partial charge >= 0.3 is 11.9 Å². The molecule has 7 nitrogen and oxygen atoms in total. The fourth-order valence-corrected chi connectivity index (χ4v) is 4.11. The molecule has 2 saturated carbocycles. The van der Waals surface area contributed by atoms with Crippen LogP contribution in [0.15, 0.2) is 18.2 Å². The number of rotatable bonds is 5. The minimum atomic E-state index is -1.83. The Kier molecular flexibility index (Phi) is 4.26. The largest absolute Gasteiger partial charge is 0.481 e. The van der Waals surface area contributed by atoms with E-state index in [-0.39, 0.29) is 6.61 Å². The van der Waals surface area contributed by atoms with Crippen LogP contribution in [-0.4, -0.2) is 39.8 Å². The second-order valence-electron chi connectivity index (χ2n) is 6.26. The number of hydrogen-bond donors (Lipinski definition) is 4. The minimum Gasteiger partial charge on any atom is -0.481 e. The first kappa shape index (κ1) is 17.4. The SMILES string of the molecule is N[C@H]1[C@H]2[C@H](C(=O)O)[C@H]2[C@](N)(C(=O)O)[C@@H]1OCc1ccc(Cl)c(Cl)c1. The lowest BCUT2D eigenvalue weighted by molar-refractivity contribution is -0.153. The number of ether oxygens (including phenoxy) is 1. The van der Waals surface area contributed by atoms with Crippen LogP contribution in [0.25, 0.3) is 0 Å². The molecule has 2 aliphatic rings. The first-order chi connectivity index (χ1) is 11.2. The van der Waals surface area contributed by atoms with Crippen molar-refractivity contribution in [1.29, 1.82) is 0 Å². The smallest absolute Gasteiger partial charge is 0.326 e. The third-order valence-electron chi connectivity index (χ3n) is 4.96. The molecule has 1 aromatic rings. The molecule has 0 bridgehead atoms. The zero-order valence-electron chi connectivity index (χ0n) is 12.4. The number of hydrogen-bond acceptors (Lipinski definition) is 5. The van der Waals surface area contributed by atoms with Crippen molar-refractivity contribution in [2.24, 2.45) is 29.2 Å². The van der Waals surface area contributed by atoms with E-state index in [1.165, 1.54) is 0 Å². The fraction of sp³-hybridized carbons (Fsp3) is 0.467. The van der Waals surface area contributed by atoms with Gasteiger partial charge in [-0.05, 0) is 23.6 Å². The summed E-state index contributed by atoms with van der Waals surface area (Å²) in [6, 6.07) is 4.13. The van der Waals surface area contributed by atoms with Crippen LogP contribution in [0.1, 0.15) is 5.56 Å². The van der Waals surface area contributed by atoms with Gasteiger partial charge in [-0.1, -0.05) is 29.3 Å². The summed E-state index contributed by atoms with van der Waals surface area (Å²) in [7, 11) is 0. The average molecular weight is 375 g/mol. The van der Waals surface area contributed by atoms with Crippen molar-refractivity contribution in [2.45, 2.75) is 24.3 Å². The molecule has 3 rings (SSSR count). The summed E-state index contributed by atoms with van der Waals surface area (Å²) in [5.41, 5.74) is 10.9. The van der Waals surface area contributed by atoms with E-state index in [4.69, 9.17) is 44.5 Å². The van der Waals surface area contributed by atoms with Gasteiger partial charge < -0.3 is 26.4 Å². The number of aliphatic carboxylic acids is 2. The highest BCUT2D eigenvalue weighted by Gasteiger charge is 2.77. The van der Waals surface area contributed by atoms with E-state index < -0.39 is 47.4 Å². The van der Waals surface area contributed by atoms with Crippen LogP contribution in [0.2, 0.25) is 10.0 Å². The lowest BCUT2D eigenvalue weighted by Crippen LogP contribution is -2.62. The van der Waals surface area contributed by atoms with E-state index in [2.05, 4.69) is 0 Å². The third-order valence-corrected chi connectivity index (χ3v) is 5.70. The second kappa shape index (κ2) is 5.86. The fourth-order valence-electron chi connectivity index (χ4n) is 3.79. The van der Waals surface area contributed by atoms with E-state index in [1.807, 2.05) is 0 Å². The highest BCUT2D eigenvalue weighted by Crippen LogP contribution is 2.61. The molecule has 0 aliphatic heterocycles. The third kappa shape index (κ3) is 2.48. The summed E-state index contributed by atoms with van der Waals surface area (Å²) in [5.74, 6) is -4.47. The predicted octanol–water partition coefficient (Wildman–Crippen LogP) is 0.948. The molecule has 0 amide bonds. The van der Waals surface area contributed by atoms with E-state index in [0.717, 1.165) is 0 Å². The number of carboxylic acids is 2. The Morgan fingerprint density at radius 1 is 1.25 bits per heavy atom. The van der Waals surface area contributed by atoms with E-state index in [0.29, 0.717) is 15.6 Å². The Hall–Kier alpha value is -1.38. The molecule has 0 aromatic heterocycles. The molecule has 6 atom stereocenters. The van der Waals surface area contributed by atoms with E-state index in [9.17, 15) is 14.7 Å². The maximum Gasteiger partial charge on any atom is 0.326 e. The lowest BCUT2D eigenvalue weighted by Gasteiger charge is -2.33. The predicted molar refractivity (Wildman–Crippen MR) is 85.7 cm³/mol. The van der Waals surface area contributed by atoms with Crippen molar-refractivity contribution < 1.29 is 24.5 Å². The molecule has 130 valence electrons. The van der Waals surface area contributed by atoms with Crippen LogP contribution in [0.3, 0.4) is 0 Å². The second-order valence-corrected chi connectivity index (χ2v) is 7.08. The van der Waals surface area contributed by atoms with Gasteiger partial charge in [0.25, 0.3) is 0 Å². The maximum absolute atomic E-state index is 11.7. The Labute approximate surface area is 147 Å². The summed E-state index contributed by atoms with van der Waals surface area (Å²) in [6.45, 7) is 0.0403. The molecule has 1 aromatic carbocycles. The van der Waals surface area contributed by atoms with Crippen LogP contribution in [-0.2, 0) is 20.9 Å². The van der Waals surface area contributed by atoms with Crippen LogP contribution in [0, 0.1) is 17.8 Å². The quantitative estimate of drug-likeness (QED) is 0.602. The minimum absolute atomic E-state index is 0.0403. The molecule has 9 heteroatoms. The van der Waals surface area contributed by atoms with Crippen LogP contribution in [0.4, 0.5) is 0 Å². The zero-order chi connectivity index (χ0) is 17.8. The van der Waals surface area contributed by atoms with Crippen molar-refractivity contribution in [3.63, 3.8) is 0 Å². The number of benzene rings is 1. The van der Waals surface area contributed by atoms with Crippen LogP contribution >= 0.6 is 23.2 Å². The number of carboxylic acid groups (broad SMARTS) is 2. The van der Waals surface area contributed by atoms with Crippen molar-refractivity contribution in [3.05, 3.63) is 33.8 Å². The number of fused-ring (bicyclic) bond motifs is 1. The molecule has 0 unspecified atom stereocenters. The molecule has 0 radical (unpaired) electrons. The lowest BCUT2D eigenvalue weighted by atomic mass is 9.87.